The molecule has 2 N–H and O–H groups in total. The van der Waals surface area contributed by atoms with Gasteiger partial charge in [-0.15, -0.1) is 0 Å². The molecule has 0 saturated carbocycles. The van der Waals surface area contributed by atoms with Crippen molar-refractivity contribution in [3.63, 3.8) is 0 Å². The van der Waals surface area contributed by atoms with Crippen molar-refractivity contribution in [2.45, 2.75) is 27.7 Å². The maximum atomic E-state index is 11.1. The molecule has 0 heterocycles. The Balaban J connectivity index is 3.89. The van der Waals surface area contributed by atoms with Crippen LogP contribution in [0.4, 0.5) is 0 Å². The molecule has 0 spiro atoms. The zero-order chi connectivity index (χ0) is 11.1. The molecule has 0 atom stereocenters. The fraction of sp³-hybridized carbons (Fsp3) is 0.667. The van der Waals surface area contributed by atoms with Crippen LogP contribution < -0.4 is 10.7 Å². The average molecular weight is 199 g/mol. The predicted octanol–water partition coefficient (Wildman–Crippen LogP) is 0.271. The van der Waals surface area contributed by atoms with Crippen molar-refractivity contribution in [2.75, 3.05) is 6.54 Å². The summed E-state index contributed by atoms with van der Waals surface area (Å²) < 4.78 is 0. The highest BCUT2D eigenvalue weighted by atomic mass is 16.2. The maximum Gasteiger partial charge on any atom is 0.329 e. The number of hydrazone groups is 1. The van der Waals surface area contributed by atoms with Crippen LogP contribution in [0.5, 0.6) is 0 Å². The Kier molecular flexibility index (Phi) is 5.52. The summed E-state index contributed by atoms with van der Waals surface area (Å²) in [6.45, 7) is 7.85. The summed E-state index contributed by atoms with van der Waals surface area (Å²) in [6.07, 6.45) is 0. The third-order valence-corrected chi connectivity index (χ3v) is 1.26. The molecule has 0 saturated heterocycles. The van der Waals surface area contributed by atoms with E-state index in [2.05, 4.69) is 15.8 Å². The van der Waals surface area contributed by atoms with Gasteiger partial charge in [0.2, 0.25) is 0 Å². The molecular formula is C9H17N3O2. The van der Waals surface area contributed by atoms with Gasteiger partial charge in [0, 0.05) is 12.3 Å². The van der Waals surface area contributed by atoms with E-state index >= 15 is 0 Å². The van der Waals surface area contributed by atoms with E-state index in [4.69, 9.17) is 0 Å². The van der Waals surface area contributed by atoms with Crippen LogP contribution in [-0.4, -0.2) is 24.1 Å². The lowest BCUT2D eigenvalue weighted by Crippen LogP contribution is -2.39. The highest BCUT2D eigenvalue weighted by Crippen LogP contribution is 1.86. The molecule has 0 aliphatic heterocycles. The minimum Gasteiger partial charge on any atom is -0.348 e. The molecule has 2 amide bonds. The van der Waals surface area contributed by atoms with Crippen molar-refractivity contribution in [3.8, 4) is 0 Å². The summed E-state index contributed by atoms with van der Waals surface area (Å²) in [5.74, 6) is -1.06. The van der Waals surface area contributed by atoms with Gasteiger partial charge in [0.15, 0.2) is 0 Å². The summed E-state index contributed by atoms with van der Waals surface area (Å²) in [5, 5.41) is 6.11. The molecule has 80 valence electrons. The Hall–Kier alpha value is -1.39. The van der Waals surface area contributed by atoms with E-state index in [-0.39, 0.29) is 0 Å². The van der Waals surface area contributed by atoms with E-state index in [0.29, 0.717) is 18.2 Å². The zero-order valence-corrected chi connectivity index (χ0v) is 9.05. The third kappa shape index (κ3) is 6.16. The molecular weight excluding hydrogens is 182 g/mol. The molecule has 0 aliphatic carbocycles. The smallest absolute Gasteiger partial charge is 0.329 e. The Labute approximate surface area is 83.9 Å². The van der Waals surface area contributed by atoms with Crippen LogP contribution in [0.25, 0.3) is 0 Å². The van der Waals surface area contributed by atoms with Crippen molar-refractivity contribution in [1.29, 1.82) is 0 Å². The van der Waals surface area contributed by atoms with Gasteiger partial charge in [0.05, 0.1) is 0 Å². The second-order valence-electron chi connectivity index (χ2n) is 3.60. The van der Waals surface area contributed by atoms with Crippen molar-refractivity contribution < 1.29 is 9.59 Å². The van der Waals surface area contributed by atoms with Gasteiger partial charge in [-0.2, -0.15) is 5.10 Å². The molecule has 5 heteroatoms. The van der Waals surface area contributed by atoms with Gasteiger partial charge in [-0.1, -0.05) is 13.8 Å². The normalized spacial score (nSPS) is 9.50. The highest BCUT2D eigenvalue weighted by Gasteiger charge is 2.11. The number of carbonyl (C=O) groups excluding carboxylic acids is 2. The quantitative estimate of drug-likeness (QED) is 0.389. The number of hydrogen-bond donors (Lipinski definition) is 2. The molecule has 0 bridgehead atoms. The molecule has 0 aliphatic rings. The number of nitrogens with one attached hydrogen (secondary N) is 2. The van der Waals surface area contributed by atoms with Gasteiger partial charge < -0.3 is 5.32 Å². The van der Waals surface area contributed by atoms with Crippen molar-refractivity contribution in [1.82, 2.24) is 10.7 Å². The molecule has 0 fully saturated rings. The van der Waals surface area contributed by atoms with Crippen molar-refractivity contribution >= 4 is 17.5 Å². The van der Waals surface area contributed by atoms with Gasteiger partial charge in [0.25, 0.3) is 0 Å². The van der Waals surface area contributed by atoms with Gasteiger partial charge in [0.1, 0.15) is 0 Å². The molecule has 0 aromatic rings. The van der Waals surface area contributed by atoms with Gasteiger partial charge in [-0.05, 0) is 19.8 Å². The molecule has 0 aromatic carbocycles. The van der Waals surface area contributed by atoms with E-state index in [1.165, 1.54) is 0 Å². The van der Waals surface area contributed by atoms with E-state index in [9.17, 15) is 9.59 Å². The Morgan fingerprint density at radius 2 is 1.79 bits per heavy atom. The first-order valence-corrected chi connectivity index (χ1v) is 4.52. The Morgan fingerprint density at radius 3 is 2.21 bits per heavy atom. The zero-order valence-electron chi connectivity index (χ0n) is 9.05. The summed E-state index contributed by atoms with van der Waals surface area (Å²) in [4.78, 5) is 22.1. The lowest BCUT2D eigenvalue weighted by Gasteiger charge is -2.05. The second-order valence-corrected chi connectivity index (χ2v) is 3.60. The van der Waals surface area contributed by atoms with Gasteiger partial charge >= 0.3 is 11.8 Å². The van der Waals surface area contributed by atoms with Crippen molar-refractivity contribution in [3.05, 3.63) is 0 Å². The number of nitrogens with zero attached hydrogens (tertiary/aromatic N) is 1. The topological polar surface area (TPSA) is 70.6 Å². The van der Waals surface area contributed by atoms with E-state index in [1.807, 2.05) is 13.8 Å². The lowest BCUT2D eigenvalue weighted by atomic mass is 10.2. The minimum atomic E-state index is -0.730. The number of carbonyl (C=O) groups is 2. The summed E-state index contributed by atoms with van der Waals surface area (Å²) in [7, 11) is 0. The summed E-state index contributed by atoms with van der Waals surface area (Å²) in [5.41, 5.74) is 2.83. The average Bonchev–Trinajstić information content (AvgIpc) is 2.09. The van der Waals surface area contributed by atoms with Crippen LogP contribution in [0.2, 0.25) is 0 Å². The van der Waals surface area contributed by atoms with Crippen LogP contribution in [0.1, 0.15) is 27.7 Å². The largest absolute Gasteiger partial charge is 0.348 e. The fourth-order valence-electron chi connectivity index (χ4n) is 0.590. The summed E-state index contributed by atoms with van der Waals surface area (Å²) >= 11 is 0. The monoisotopic (exact) mass is 199 g/mol. The molecule has 5 nitrogen and oxygen atoms in total. The van der Waals surface area contributed by atoms with Gasteiger partial charge in [-0.3, -0.25) is 9.59 Å². The first-order chi connectivity index (χ1) is 6.43. The van der Waals surface area contributed by atoms with Crippen LogP contribution >= 0.6 is 0 Å². The van der Waals surface area contributed by atoms with Crippen LogP contribution in [0, 0.1) is 5.92 Å². The summed E-state index contributed by atoms with van der Waals surface area (Å²) in [6, 6.07) is 0. The first kappa shape index (κ1) is 12.6. The number of rotatable bonds is 3. The van der Waals surface area contributed by atoms with E-state index < -0.39 is 11.8 Å². The predicted molar refractivity (Wildman–Crippen MR) is 54.8 cm³/mol. The van der Waals surface area contributed by atoms with E-state index in [0.717, 1.165) is 0 Å². The SMILES string of the molecule is CC(C)=NNC(=O)C(=O)NCC(C)C. The molecule has 0 radical (unpaired) electrons. The number of amides is 2. The van der Waals surface area contributed by atoms with Crippen molar-refractivity contribution in [2.24, 2.45) is 11.0 Å². The van der Waals surface area contributed by atoms with Crippen LogP contribution in [-0.2, 0) is 9.59 Å². The fourth-order valence-corrected chi connectivity index (χ4v) is 0.590. The standard InChI is InChI=1S/C9H17N3O2/c1-6(2)5-10-8(13)9(14)12-11-7(3)4/h6H,5H2,1-4H3,(H,10,13)(H,12,14). The molecule has 14 heavy (non-hydrogen) atoms. The number of hydrogen-bond acceptors (Lipinski definition) is 3. The lowest BCUT2D eigenvalue weighted by molar-refractivity contribution is -0.139. The third-order valence-electron chi connectivity index (χ3n) is 1.26. The second kappa shape index (κ2) is 6.12. The van der Waals surface area contributed by atoms with E-state index in [1.54, 1.807) is 13.8 Å². The first-order valence-electron chi connectivity index (χ1n) is 4.52. The van der Waals surface area contributed by atoms with Crippen LogP contribution in [0.15, 0.2) is 5.10 Å². The molecule has 0 rings (SSSR count). The highest BCUT2D eigenvalue weighted by molar-refractivity contribution is 6.35. The Bertz CT molecular complexity index is 242. The van der Waals surface area contributed by atoms with Gasteiger partial charge in [-0.25, -0.2) is 5.43 Å². The minimum absolute atomic E-state index is 0.322. The Morgan fingerprint density at radius 1 is 1.21 bits per heavy atom. The molecule has 0 aromatic heterocycles. The van der Waals surface area contributed by atoms with Crippen LogP contribution in [0.3, 0.4) is 0 Å². The molecule has 0 unspecified atom stereocenters. The maximum absolute atomic E-state index is 11.1.